The number of H-pyrrole nitrogens is 1. The number of hydrogen-bond donors (Lipinski definition) is 2. The van der Waals surface area contributed by atoms with Crippen molar-refractivity contribution in [2.24, 2.45) is 0 Å². The second-order valence-electron chi connectivity index (χ2n) is 4.85. The van der Waals surface area contributed by atoms with Crippen molar-refractivity contribution < 1.29 is 4.79 Å². The van der Waals surface area contributed by atoms with Gasteiger partial charge in [0.2, 0.25) is 0 Å². The molecule has 112 valence electrons. The smallest absolute Gasteiger partial charge is 0.276 e. The number of aromatic amines is 1. The molecule has 3 rings (SSSR count). The molecule has 0 aliphatic rings. The summed E-state index contributed by atoms with van der Waals surface area (Å²) in [6.07, 6.45) is 2.45. The molecule has 0 fully saturated rings. The largest absolute Gasteiger partial charge is 0.351 e. The number of aromatic nitrogens is 4. The van der Waals surface area contributed by atoms with Crippen molar-refractivity contribution in [2.45, 2.75) is 13.3 Å². The molecule has 2 heterocycles. The lowest BCUT2D eigenvalue weighted by Crippen LogP contribution is -2.26. The van der Waals surface area contributed by atoms with Gasteiger partial charge in [0.25, 0.3) is 11.5 Å². The van der Waals surface area contributed by atoms with Gasteiger partial charge in [-0.3, -0.25) is 9.59 Å². The summed E-state index contributed by atoms with van der Waals surface area (Å²) in [7, 11) is 0. The van der Waals surface area contributed by atoms with Crippen LogP contribution in [0.1, 0.15) is 23.8 Å². The second-order valence-corrected chi connectivity index (χ2v) is 4.85. The highest BCUT2D eigenvalue weighted by Crippen LogP contribution is 2.15. The van der Waals surface area contributed by atoms with E-state index in [4.69, 9.17) is 0 Å². The van der Waals surface area contributed by atoms with E-state index in [0.29, 0.717) is 12.2 Å². The molecule has 1 aromatic carbocycles. The Hall–Kier alpha value is -2.96. The Morgan fingerprint density at radius 1 is 1.32 bits per heavy atom. The molecule has 0 spiro atoms. The van der Waals surface area contributed by atoms with Crippen LogP contribution in [0.4, 0.5) is 0 Å². The normalized spacial score (nSPS) is 10.8. The second kappa shape index (κ2) is 5.80. The molecule has 0 unspecified atom stereocenters. The van der Waals surface area contributed by atoms with Crippen LogP contribution in [0, 0.1) is 0 Å². The Morgan fingerprint density at radius 3 is 2.82 bits per heavy atom. The quantitative estimate of drug-likeness (QED) is 0.757. The number of carbonyl (C=O) groups is 1. The highest BCUT2D eigenvalue weighted by molar-refractivity contribution is 5.98. The summed E-state index contributed by atoms with van der Waals surface area (Å²) in [4.78, 5) is 27.1. The van der Waals surface area contributed by atoms with Gasteiger partial charge in [0.05, 0.1) is 11.9 Å². The molecule has 0 aliphatic heterocycles. The third kappa shape index (κ3) is 2.48. The van der Waals surface area contributed by atoms with Gasteiger partial charge in [-0.15, -0.1) is 5.10 Å². The number of rotatable bonds is 4. The average Bonchev–Trinajstić information content (AvgIpc) is 2.98. The number of hydrogen-bond acceptors (Lipinski definition) is 4. The number of carbonyl (C=O) groups excluding carboxylic acids is 1. The van der Waals surface area contributed by atoms with Crippen LogP contribution < -0.4 is 10.9 Å². The Balaban J connectivity index is 2.07. The predicted molar refractivity (Wildman–Crippen MR) is 81.7 cm³/mol. The summed E-state index contributed by atoms with van der Waals surface area (Å²) >= 11 is 0. The van der Waals surface area contributed by atoms with Crippen LogP contribution in [-0.2, 0) is 0 Å². The first-order valence-electron chi connectivity index (χ1n) is 7.02. The maximum Gasteiger partial charge on any atom is 0.276 e. The van der Waals surface area contributed by atoms with Crippen LogP contribution in [0.3, 0.4) is 0 Å². The Kier molecular flexibility index (Phi) is 3.69. The lowest BCUT2D eigenvalue weighted by molar-refractivity contribution is 0.0950. The summed E-state index contributed by atoms with van der Waals surface area (Å²) in [6.45, 7) is 2.47. The Bertz CT molecular complexity index is 867. The summed E-state index contributed by atoms with van der Waals surface area (Å²) in [5.41, 5.74) is 1.26. The molecule has 7 heteroatoms. The zero-order chi connectivity index (χ0) is 15.5. The molecule has 0 saturated heterocycles. The summed E-state index contributed by atoms with van der Waals surface area (Å²) in [5.74, 6) is -0.394. The number of nitrogens with zero attached hydrogens (tertiary/aromatic N) is 3. The molecular formula is C15H15N5O2. The topological polar surface area (TPSA) is 92.2 Å². The van der Waals surface area contributed by atoms with Gasteiger partial charge in [-0.1, -0.05) is 42.5 Å². The SMILES string of the molecule is CCCNC(=O)c1nnn2cc(-c3ccccc3)[nH]c(=O)c12. The third-order valence-electron chi connectivity index (χ3n) is 3.24. The van der Waals surface area contributed by atoms with E-state index in [2.05, 4.69) is 20.6 Å². The fraction of sp³-hybridized carbons (Fsp3) is 0.200. The predicted octanol–water partition coefficient (Wildman–Crippen LogP) is 1.22. The molecule has 0 radical (unpaired) electrons. The van der Waals surface area contributed by atoms with Crippen molar-refractivity contribution in [3.63, 3.8) is 0 Å². The summed E-state index contributed by atoms with van der Waals surface area (Å²) in [5, 5.41) is 10.4. The van der Waals surface area contributed by atoms with E-state index >= 15 is 0 Å². The lowest BCUT2D eigenvalue weighted by Gasteiger charge is -2.03. The van der Waals surface area contributed by atoms with Crippen LogP contribution in [-0.4, -0.2) is 32.3 Å². The maximum absolute atomic E-state index is 12.3. The molecule has 3 aromatic rings. The van der Waals surface area contributed by atoms with Crippen molar-refractivity contribution in [1.82, 2.24) is 25.1 Å². The van der Waals surface area contributed by atoms with Gasteiger partial charge in [0.1, 0.15) is 0 Å². The van der Waals surface area contributed by atoms with E-state index in [1.165, 1.54) is 4.52 Å². The molecule has 7 nitrogen and oxygen atoms in total. The molecule has 1 amide bonds. The minimum Gasteiger partial charge on any atom is -0.351 e. The molecule has 0 aliphatic carbocycles. The Morgan fingerprint density at radius 2 is 2.09 bits per heavy atom. The van der Waals surface area contributed by atoms with Gasteiger partial charge >= 0.3 is 0 Å². The van der Waals surface area contributed by atoms with Crippen molar-refractivity contribution >= 4 is 11.4 Å². The fourth-order valence-corrected chi connectivity index (χ4v) is 2.17. The van der Waals surface area contributed by atoms with Crippen molar-refractivity contribution in [3.8, 4) is 11.3 Å². The van der Waals surface area contributed by atoms with E-state index in [1.54, 1.807) is 6.20 Å². The van der Waals surface area contributed by atoms with Crippen LogP contribution in [0.5, 0.6) is 0 Å². The molecule has 2 aromatic heterocycles. The highest BCUT2D eigenvalue weighted by atomic mass is 16.2. The number of fused-ring (bicyclic) bond motifs is 1. The summed E-state index contributed by atoms with van der Waals surface area (Å²) < 4.78 is 1.34. The van der Waals surface area contributed by atoms with E-state index < -0.39 is 11.5 Å². The van der Waals surface area contributed by atoms with E-state index in [-0.39, 0.29) is 11.2 Å². The van der Waals surface area contributed by atoms with Crippen LogP contribution in [0.25, 0.3) is 16.8 Å². The van der Waals surface area contributed by atoms with Crippen molar-refractivity contribution in [2.75, 3.05) is 6.54 Å². The summed E-state index contributed by atoms with van der Waals surface area (Å²) in [6, 6.07) is 9.41. The average molecular weight is 297 g/mol. The minimum absolute atomic E-state index is 0.0364. The monoisotopic (exact) mass is 297 g/mol. The van der Waals surface area contributed by atoms with Crippen molar-refractivity contribution in [1.29, 1.82) is 0 Å². The zero-order valence-corrected chi connectivity index (χ0v) is 12.0. The van der Waals surface area contributed by atoms with Gasteiger partial charge in [-0.2, -0.15) is 0 Å². The first-order valence-corrected chi connectivity index (χ1v) is 7.02. The molecule has 2 N–H and O–H groups in total. The van der Waals surface area contributed by atoms with Crippen LogP contribution >= 0.6 is 0 Å². The first kappa shape index (κ1) is 14.0. The van der Waals surface area contributed by atoms with E-state index in [0.717, 1.165) is 12.0 Å². The lowest BCUT2D eigenvalue weighted by atomic mass is 10.2. The van der Waals surface area contributed by atoms with Crippen LogP contribution in [0.15, 0.2) is 41.3 Å². The molecule has 0 bridgehead atoms. The fourth-order valence-electron chi connectivity index (χ4n) is 2.17. The number of amides is 1. The van der Waals surface area contributed by atoms with E-state index in [1.807, 2.05) is 37.3 Å². The van der Waals surface area contributed by atoms with Gasteiger partial charge in [0.15, 0.2) is 11.2 Å². The number of nitrogens with one attached hydrogen (secondary N) is 2. The molecule has 0 saturated carbocycles. The van der Waals surface area contributed by atoms with Crippen molar-refractivity contribution in [3.05, 3.63) is 52.6 Å². The Labute approximate surface area is 126 Å². The highest BCUT2D eigenvalue weighted by Gasteiger charge is 2.18. The van der Waals surface area contributed by atoms with Gasteiger partial charge in [-0.25, -0.2) is 4.52 Å². The van der Waals surface area contributed by atoms with Gasteiger partial charge in [-0.05, 0) is 12.0 Å². The first-order chi connectivity index (χ1) is 10.7. The molecule has 22 heavy (non-hydrogen) atoms. The zero-order valence-electron chi connectivity index (χ0n) is 12.0. The number of benzene rings is 1. The van der Waals surface area contributed by atoms with Gasteiger partial charge in [0, 0.05) is 6.54 Å². The third-order valence-corrected chi connectivity index (χ3v) is 3.24. The van der Waals surface area contributed by atoms with E-state index in [9.17, 15) is 9.59 Å². The van der Waals surface area contributed by atoms with Crippen LogP contribution in [0.2, 0.25) is 0 Å². The standard InChI is InChI=1S/C15H15N5O2/c1-2-8-16-14(21)12-13-15(22)17-11(9-20(13)19-18-12)10-6-4-3-5-7-10/h3-7,9H,2,8H2,1H3,(H,16,21)(H,17,22). The maximum atomic E-state index is 12.3. The minimum atomic E-state index is -0.395. The molecular weight excluding hydrogens is 282 g/mol. The van der Waals surface area contributed by atoms with Gasteiger partial charge < -0.3 is 10.3 Å². The molecule has 0 atom stereocenters.